The number of ether oxygens (including phenoxy) is 1. The summed E-state index contributed by atoms with van der Waals surface area (Å²) in [6.45, 7) is 2.43. The van der Waals surface area contributed by atoms with Crippen LogP contribution >= 0.6 is 0 Å². The maximum Gasteiger partial charge on any atom is 0.161 e. The number of rotatable bonds is 17. The van der Waals surface area contributed by atoms with Gasteiger partial charge in [-0.1, -0.05) is 68.3 Å². The largest absolute Gasteiger partial charge is 0.875 e. The lowest BCUT2D eigenvalue weighted by atomic mass is 9.85. The molecule has 0 spiro atoms. The Morgan fingerprint density at radius 2 is 1.67 bits per heavy atom. The Kier molecular flexibility index (Phi) is 12.8. The number of nitrogens with two attached hydrogens (primary N) is 2. The SMILES string of the molecule is CCCCC/C=C/C(=O)CCc1ccc(O)c(OCCc2ccc(O)c([C@H](CC([O-])=C3C=CN=C3)c3ccc(C(N)N)cc3)c2)c1. The van der Waals surface area contributed by atoms with Gasteiger partial charge in [0.1, 0.15) is 5.75 Å². The molecule has 1 aliphatic heterocycles. The summed E-state index contributed by atoms with van der Waals surface area (Å²) in [7, 11) is 0. The summed E-state index contributed by atoms with van der Waals surface area (Å²) in [6.07, 6.45) is 13.7. The minimum atomic E-state index is -0.619. The van der Waals surface area contributed by atoms with E-state index in [-0.39, 0.29) is 36.1 Å². The normalized spacial score (nSPS) is 14.3. The highest BCUT2D eigenvalue weighted by Crippen LogP contribution is 2.37. The predicted octanol–water partition coefficient (Wildman–Crippen LogP) is 6.01. The van der Waals surface area contributed by atoms with Crippen molar-refractivity contribution < 1.29 is 24.9 Å². The first-order chi connectivity index (χ1) is 22.2. The highest BCUT2D eigenvalue weighted by molar-refractivity contribution is 5.89. The molecule has 46 heavy (non-hydrogen) atoms. The number of hydrogen-bond acceptors (Lipinski definition) is 8. The molecule has 0 aromatic heterocycles. The molecule has 3 aromatic carbocycles. The molecule has 0 amide bonds. The quantitative estimate of drug-likeness (QED) is 0.0622. The summed E-state index contributed by atoms with van der Waals surface area (Å²) < 4.78 is 5.96. The third-order valence-electron chi connectivity index (χ3n) is 8.07. The highest BCUT2D eigenvalue weighted by Gasteiger charge is 2.20. The summed E-state index contributed by atoms with van der Waals surface area (Å²) in [5, 5.41) is 34.5. The number of aromatic hydroxyl groups is 2. The van der Waals surface area contributed by atoms with Crippen molar-refractivity contribution in [2.75, 3.05) is 6.61 Å². The van der Waals surface area contributed by atoms with Crippen LogP contribution in [0.5, 0.6) is 17.2 Å². The summed E-state index contributed by atoms with van der Waals surface area (Å²) in [5.74, 6) is 0.0256. The number of phenols is 2. The Bertz CT molecular complexity index is 1570. The minimum absolute atomic E-state index is 0.0264. The minimum Gasteiger partial charge on any atom is -0.875 e. The lowest BCUT2D eigenvalue weighted by Crippen LogP contribution is -2.20. The summed E-state index contributed by atoms with van der Waals surface area (Å²) in [6, 6.07) is 17.9. The van der Waals surface area contributed by atoms with Crippen LogP contribution in [0, 0.1) is 0 Å². The first-order valence-corrected chi connectivity index (χ1v) is 15.9. The van der Waals surface area contributed by atoms with Gasteiger partial charge in [0.05, 0.1) is 12.8 Å². The molecule has 0 radical (unpaired) electrons. The summed E-state index contributed by atoms with van der Waals surface area (Å²) >= 11 is 0. The molecule has 0 fully saturated rings. The van der Waals surface area contributed by atoms with Gasteiger partial charge in [0.25, 0.3) is 0 Å². The summed E-state index contributed by atoms with van der Waals surface area (Å²) in [5.41, 5.74) is 16.2. The van der Waals surface area contributed by atoms with Crippen molar-refractivity contribution in [3.05, 3.63) is 124 Å². The van der Waals surface area contributed by atoms with Crippen molar-refractivity contribution in [3.8, 4) is 17.2 Å². The number of ketones is 1. The Morgan fingerprint density at radius 1 is 0.957 bits per heavy atom. The lowest BCUT2D eigenvalue weighted by Gasteiger charge is -2.25. The van der Waals surface area contributed by atoms with Crippen molar-refractivity contribution in [3.63, 3.8) is 0 Å². The van der Waals surface area contributed by atoms with Crippen LogP contribution in [-0.4, -0.2) is 28.8 Å². The van der Waals surface area contributed by atoms with Crippen LogP contribution < -0.4 is 21.3 Å². The van der Waals surface area contributed by atoms with Gasteiger partial charge >= 0.3 is 0 Å². The summed E-state index contributed by atoms with van der Waals surface area (Å²) in [4.78, 5) is 16.3. The van der Waals surface area contributed by atoms with E-state index in [0.717, 1.165) is 47.9 Å². The Balaban J connectivity index is 1.44. The van der Waals surface area contributed by atoms with E-state index in [1.165, 1.54) is 0 Å². The number of carbonyl (C=O) groups is 1. The fraction of sp³-hybridized carbons (Fsp3) is 0.316. The van der Waals surface area contributed by atoms with E-state index >= 15 is 0 Å². The topological polar surface area (TPSA) is 154 Å². The van der Waals surface area contributed by atoms with Gasteiger partial charge < -0.3 is 31.5 Å². The van der Waals surface area contributed by atoms with E-state index in [1.54, 1.807) is 48.8 Å². The van der Waals surface area contributed by atoms with E-state index in [2.05, 4.69) is 11.9 Å². The monoisotopic (exact) mass is 622 g/mol. The molecule has 4 rings (SSSR count). The van der Waals surface area contributed by atoms with Gasteiger partial charge in [0.15, 0.2) is 17.3 Å². The average molecular weight is 623 g/mol. The van der Waals surface area contributed by atoms with E-state index < -0.39 is 12.1 Å². The van der Waals surface area contributed by atoms with Gasteiger partial charge in [-0.2, -0.15) is 0 Å². The number of nitrogens with zero attached hydrogens (tertiary/aromatic N) is 1. The van der Waals surface area contributed by atoms with E-state index in [4.69, 9.17) is 16.2 Å². The maximum atomic E-state index is 13.2. The molecule has 0 unspecified atom stereocenters. The van der Waals surface area contributed by atoms with Crippen LogP contribution in [0.1, 0.15) is 85.3 Å². The van der Waals surface area contributed by atoms with E-state index in [1.807, 2.05) is 42.5 Å². The van der Waals surface area contributed by atoms with Gasteiger partial charge in [-0.3, -0.25) is 9.79 Å². The van der Waals surface area contributed by atoms with Crippen LogP contribution in [0.2, 0.25) is 0 Å². The number of carbonyl (C=O) groups excluding carboxylic acids is 1. The molecule has 6 N–H and O–H groups in total. The van der Waals surface area contributed by atoms with Crippen LogP contribution in [0.15, 0.2) is 101 Å². The molecule has 0 aliphatic carbocycles. The molecule has 8 heteroatoms. The zero-order valence-electron chi connectivity index (χ0n) is 26.4. The first kappa shape index (κ1) is 34.2. The van der Waals surface area contributed by atoms with Crippen LogP contribution in [0.25, 0.3) is 0 Å². The lowest BCUT2D eigenvalue weighted by molar-refractivity contribution is -0.307. The first-order valence-electron chi connectivity index (χ1n) is 15.9. The molecule has 0 saturated heterocycles. The van der Waals surface area contributed by atoms with Gasteiger partial charge in [0, 0.05) is 36.7 Å². The Hall–Kier alpha value is -4.66. The van der Waals surface area contributed by atoms with Crippen LogP contribution in [-0.2, 0) is 17.6 Å². The molecule has 1 atom stereocenters. The number of benzene rings is 3. The number of aliphatic imine (C=N–C) groups is 1. The van der Waals surface area contributed by atoms with Gasteiger partial charge in [-0.25, -0.2) is 0 Å². The van der Waals surface area contributed by atoms with Crippen LogP contribution in [0.4, 0.5) is 0 Å². The Labute approximate surface area is 271 Å². The molecular weight excluding hydrogens is 578 g/mol. The second-order valence-corrected chi connectivity index (χ2v) is 11.6. The second kappa shape index (κ2) is 17.1. The molecule has 8 nitrogen and oxygen atoms in total. The third-order valence-corrected chi connectivity index (χ3v) is 8.07. The van der Waals surface area contributed by atoms with Gasteiger partial charge in [0.2, 0.25) is 0 Å². The van der Waals surface area contributed by atoms with Crippen molar-refractivity contribution in [2.45, 2.75) is 70.4 Å². The molecule has 242 valence electrons. The average Bonchev–Trinajstić information content (AvgIpc) is 3.60. The second-order valence-electron chi connectivity index (χ2n) is 11.6. The Morgan fingerprint density at radius 3 is 2.37 bits per heavy atom. The fourth-order valence-corrected chi connectivity index (χ4v) is 5.34. The van der Waals surface area contributed by atoms with Crippen molar-refractivity contribution in [2.24, 2.45) is 16.5 Å². The molecule has 3 aromatic rings. The maximum absolute atomic E-state index is 13.2. The number of hydrogen-bond donors (Lipinski definition) is 4. The van der Waals surface area contributed by atoms with E-state index in [0.29, 0.717) is 36.1 Å². The van der Waals surface area contributed by atoms with Gasteiger partial charge in [-0.15, -0.1) is 5.76 Å². The predicted molar refractivity (Wildman–Crippen MR) is 181 cm³/mol. The molecule has 1 heterocycles. The highest BCUT2D eigenvalue weighted by atomic mass is 16.5. The molecule has 0 saturated carbocycles. The number of unbranched alkanes of at least 4 members (excludes halogenated alkanes) is 3. The van der Waals surface area contributed by atoms with Crippen LogP contribution in [0.3, 0.4) is 0 Å². The van der Waals surface area contributed by atoms with Crippen molar-refractivity contribution >= 4 is 12.0 Å². The fourth-order valence-electron chi connectivity index (χ4n) is 5.34. The standard InChI is InChI=1S/C38H45N3O5/c1-2-3-4-5-6-7-31(42)15-8-26-10-17-35(44)37(23-26)46-21-19-27-9-16-34(43)33(22-27)32(24-36(45)30-18-20-41-25-30)28-11-13-29(14-12-28)38(39)40/h6-7,9-14,16-18,20,22-23,25,32,38,43-45H,2-5,8,15,19,21,24,39-40H2,1H3/p-1/b7-6+,36-30?/t32-/m1/s1. The van der Waals surface area contributed by atoms with Gasteiger partial charge in [-0.05, 0) is 83.9 Å². The molecule has 1 aliphatic rings. The smallest absolute Gasteiger partial charge is 0.161 e. The number of allylic oxidation sites excluding steroid dienone is 5. The molecule has 0 bridgehead atoms. The zero-order chi connectivity index (χ0) is 32.9. The van der Waals surface area contributed by atoms with Crippen molar-refractivity contribution in [1.29, 1.82) is 0 Å². The third kappa shape index (κ3) is 9.92. The molecular formula is C38H44N3O5-. The zero-order valence-corrected chi connectivity index (χ0v) is 26.4. The number of aryl methyl sites for hydroxylation is 1. The number of phenolic OH excluding ortho intramolecular Hbond substituents is 2. The van der Waals surface area contributed by atoms with E-state index in [9.17, 15) is 20.1 Å². The van der Waals surface area contributed by atoms with Crippen molar-refractivity contribution in [1.82, 2.24) is 0 Å².